The second-order valence-corrected chi connectivity index (χ2v) is 6.61. The number of halogens is 3. The van der Waals surface area contributed by atoms with Crippen LogP contribution in [0.2, 0.25) is 10.0 Å². The van der Waals surface area contributed by atoms with Crippen LogP contribution >= 0.6 is 23.2 Å². The van der Waals surface area contributed by atoms with Crippen LogP contribution in [-0.4, -0.2) is 24.4 Å². The van der Waals surface area contributed by atoms with Gasteiger partial charge in [-0.3, -0.25) is 0 Å². The van der Waals surface area contributed by atoms with E-state index in [9.17, 15) is 9.50 Å². The highest BCUT2D eigenvalue weighted by Gasteiger charge is 2.14. The maximum absolute atomic E-state index is 13.9. The highest BCUT2D eigenvalue weighted by molar-refractivity contribution is 6.31. The molecule has 0 bridgehead atoms. The third-order valence-electron chi connectivity index (χ3n) is 3.60. The Labute approximate surface area is 162 Å². The topological polar surface area (TPSA) is 50.7 Å². The number of hydrogen-bond donors (Lipinski definition) is 2. The Morgan fingerprint density at radius 2 is 1.88 bits per heavy atom. The molecule has 0 aliphatic heterocycles. The van der Waals surface area contributed by atoms with Crippen molar-refractivity contribution in [2.24, 2.45) is 0 Å². The molecule has 0 heterocycles. The van der Waals surface area contributed by atoms with E-state index in [0.717, 1.165) is 5.56 Å². The summed E-state index contributed by atoms with van der Waals surface area (Å²) in [6, 6.07) is 7.90. The molecule has 2 aromatic carbocycles. The van der Waals surface area contributed by atoms with Gasteiger partial charge >= 0.3 is 0 Å². The lowest BCUT2D eigenvalue weighted by molar-refractivity contribution is 0.191. The number of benzene rings is 2. The number of hydrogen-bond acceptors (Lipinski definition) is 4. The molecule has 2 rings (SSSR count). The molecule has 0 fully saturated rings. The minimum Gasteiger partial charge on any atom is -0.490 e. The van der Waals surface area contributed by atoms with E-state index in [-0.39, 0.29) is 12.2 Å². The van der Waals surface area contributed by atoms with E-state index in [0.29, 0.717) is 41.2 Å². The zero-order valence-electron chi connectivity index (χ0n) is 14.7. The molecular formula is C19H22Cl2FNO3. The summed E-state index contributed by atoms with van der Waals surface area (Å²) in [5, 5.41) is 13.2. The second kappa shape index (κ2) is 9.97. The summed E-state index contributed by atoms with van der Waals surface area (Å²) in [5.74, 6) is 0.495. The molecule has 2 aromatic rings. The molecule has 1 atom stereocenters. The van der Waals surface area contributed by atoms with E-state index in [1.807, 2.05) is 6.92 Å². The van der Waals surface area contributed by atoms with E-state index in [4.69, 9.17) is 32.7 Å². The molecule has 0 radical (unpaired) electrons. The Kier molecular flexibility index (Phi) is 7.97. The maximum atomic E-state index is 13.9. The first kappa shape index (κ1) is 20.8. The average molecular weight is 402 g/mol. The molecule has 142 valence electrons. The Balaban J connectivity index is 2.17. The number of nitrogens with one attached hydrogen (secondary N) is 1. The zero-order valence-corrected chi connectivity index (χ0v) is 16.2. The highest BCUT2D eigenvalue weighted by atomic mass is 35.5. The van der Waals surface area contributed by atoms with Crippen LogP contribution in [0.4, 0.5) is 4.39 Å². The standard InChI is InChI=1S/C19H22Cl2FNO3/c1-3-25-18-7-13(10-23-9-12(2)24)16(21)8-19(18)26-11-14-15(20)5-4-6-17(14)22/h4-8,12,23-24H,3,9-11H2,1-2H3. The van der Waals surface area contributed by atoms with Crippen molar-refractivity contribution in [2.75, 3.05) is 13.2 Å². The number of rotatable bonds is 9. The van der Waals surface area contributed by atoms with Crippen LogP contribution in [0.3, 0.4) is 0 Å². The van der Waals surface area contributed by atoms with Crippen LogP contribution in [0, 0.1) is 5.82 Å². The molecule has 0 saturated carbocycles. The Morgan fingerprint density at radius 1 is 1.15 bits per heavy atom. The predicted molar refractivity (Wildman–Crippen MR) is 102 cm³/mol. The normalized spacial score (nSPS) is 12.1. The molecule has 0 aliphatic rings. The molecule has 0 amide bonds. The van der Waals surface area contributed by atoms with Gasteiger partial charge in [-0.05, 0) is 37.6 Å². The molecule has 0 spiro atoms. The van der Waals surface area contributed by atoms with Crippen molar-refractivity contribution in [3.63, 3.8) is 0 Å². The van der Waals surface area contributed by atoms with Crippen LogP contribution in [0.15, 0.2) is 30.3 Å². The van der Waals surface area contributed by atoms with Gasteiger partial charge in [0.2, 0.25) is 0 Å². The van der Waals surface area contributed by atoms with Gasteiger partial charge in [0.05, 0.1) is 17.7 Å². The molecule has 7 heteroatoms. The monoisotopic (exact) mass is 401 g/mol. The summed E-state index contributed by atoms with van der Waals surface area (Å²) in [6.07, 6.45) is -0.451. The minimum atomic E-state index is -0.451. The van der Waals surface area contributed by atoms with Gasteiger partial charge in [-0.15, -0.1) is 0 Å². The molecule has 1 unspecified atom stereocenters. The first-order chi connectivity index (χ1) is 12.4. The number of aliphatic hydroxyl groups is 1. The fourth-order valence-electron chi connectivity index (χ4n) is 2.33. The fourth-order valence-corrected chi connectivity index (χ4v) is 2.77. The smallest absolute Gasteiger partial charge is 0.163 e. The molecule has 0 saturated heterocycles. The van der Waals surface area contributed by atoms with Crippen molar-refractivity contribution in [1.82, 2.24) is 5.32 Å². The summed E-state index contributed by atoms with van der Waals surface area (Å²) in [7, 11) is 0. The predicted octanol–water partition coefficient (Wildman–Crippen LogP) is 4.58. The summed E-state index contributed by atoms with van der Waals surface area (Å²) in [5.41, 5.74) is 1.09. The highest BCUT2D eigenvalue weighted by Crippen LogP contribution is 2.35. The SMILES string of the molecule is CCOc1cc(CNCC(C)O)c(Cl)cc1OCc1c(F)cccc1Cl. The Bertz CT molecular complexity index is 721. The largest absolute Gasteiger partial charge is 0.490 e. The van der Waals surface area contributed by atoms with E-state index >= 15 is 0 Å². The Hall–Kier alpha value is -1.53. The molecule has 2 N–H and O–H groups in total. The van der Waals surface area contributed by atoms with E-state index in [1.165, 1.54) is 6.07 Å². The van der Waals surface area contributed by atoms with Gasteiger partial charge in [-0.25, -0.2) is 4.39 Å². The summed E-state index contributed by atoms with van der Waals surface area (Å²) >= 11 is 12.4. The molecule has 0 aliphatic carbocycles. The van der Waals surface area contributed by atoms with Crippen LogP contribution < -0.4 is 14.8 Å². The molecule has 4 nitrogen and oxygen atoms in total. The lowest BCUT2D eigenvalue weighted by Gasteiger charge is -2.16. The first-order valence-corrected chi connectivity index (χ1v) is 9.07. The third-order valence-corrected chi connectivity index (χ3v) is 4.31. The van der Waals surface area contributed by atoms with Crippen molar-refractivity contribution in [3.8, 4) is 11.5 Å². The number of aliphatic hydroxyl groups excluding tert-OH is 1. The number of ether oxygens (including phenoxy) is 2. The van der Waals surface area contributed by atoms with E-state index in [2.05, 4.69) is 5.32 Å². The summed E-state index contributed by atoms with van der Waals surface area (Å²) in [4.78, 5) is 0. The second-order valence-electron chi connectivity index (χ2n) is 5.79. The van der Waals surface area contributed by atoms with Crippen molar-refractivity contribution in [3.05, 3.63) is 57.3 Å². The average Bonchev–Trinajstić information content (AvgIpc) is 2.57. The Morgan fingerprint density at radius 3 is 2.54 bits per heavy atom. The maximum Gasteiger partial charge on any atom is 0.163 e. The molecule has 26 heavy (non-hydrogen) atoms. The first-order valence-electron chi connectivity index (χ1n) is 8.32. The van der Waals surface area contributed by atoms with Gasteiger partial charge in [-0.2, -0.15) is 0 Å². The van der Waals surface area contributed by atoms with E-state index < -0.39 is 11.9 Å². The van der Waals surface area contributed by atoms with Crippen LogP contribution in [0.1, 0.15) is 25.0 Å². The van der Waals surface area contributed by atoms with Crippen LogP contribution in [0.5, 0.6) is 11.5 Å². The van der Waals surface area contributed by atoms with E-state index in [1.54, 1.807) is 31.2 Å². The van der Waals surface area contributed by atoms with Gasteiger partial charge in [0, 0.05) is 29.7 Å². The minimum absolute atomic E-state index is 0.0401. The van der Waals surface area contributed by atoms with Crippen LogP contribution in [-0.2, 0) is 13.2 Å². The lowest BCUT2D eigenvalue weighted by atomic mass is 10.2. The van der Waals surface area contributed by atoms with Gasteiger partial charge in [-0.1, -0.05) is 29.3 Å². The summed E-state index contributed by atoms with van der Waals surface area (Å²) in [6.45, 7) is 4.89. The fraction of sp³-hybridized carbons (Fsp3) is 0.368. The third kappa shape index (κ3) is 5.74. The van der Waals surface area contributed by atoms with Crippen molar-refractivity contribution in [2.45, 2.75) is 33.1 Å². The van der Waals surface area contributed by atoms with Crippen molar-refractivity contribution < 1.29 is 19.0 Å². The molecule has 0 aromatic heterocycles. The summed E-state index contributed by atoms with van der Waals surface area (Å²) < 4.78 is 25.2. The quantitative estimate of drug-likeness (QED) is 0.645. The van der Waals surface area contributed by atoms with Gasteiger partial charge < -0.3 is 19.9 Å². The zero-order chi connectivity index (χ0) is 19.1. The lowest BCUT2D eigenvalue weighted by Crippen LogP contribution is -2.24. The van der Waals surface area contributed by atoms with Crippen molar-refractivity contribution in [1.29, 1.82) is 0 Å². The molecular weight excluding hydrogens is 380 g/mol. The van der Waals surface area contributed by atoms with Gasteiger partial charge in [0.25, 0.3) is 0 Å². The van der Waals surface area contributed by atoms with Crippen LogP contribution in [0.25, 0.3) is 0 Å². The van der Waals surface area contributed by atoms with Gasteiger partial charge in [0.15, 0.2) is 11.5 Å². The van der Waals surface area contributed by atoms with Crippen molar-refractivity contribution >= 4 is 23.2 Å². The van der Waals surface area contributed by atoms with Gasteiger partial charge in [0.1, 0.15) is 12.4 Å².